The monoisotopic (exact) mass is 460 g/mol. The number of aromatic nitrogens is 2. The summed E-state index contributed by atoms with van der Waals surface area (Å²) in [5.41, 5.74) is 9.96. The molecular formula is C22H22Cl2N4O3. The SMILES string of the molecule is C[C@H]1c2c(Cl)cc(Cl)cc2CCN1C(=O)C1CC(c2cncc3nc(N)oc23)CCO1. The fourth-order valence-corrected chi connectivity index (χ4v) is 5.52. The molecule has 2 aromatic heterocycles. The molecule has 1 aromatic carbocycles. The molecule has 162 valence electrons. The van der Waals surface area contributed by atoms with Gasteiger partial charge in [0.15, 0.2) is 5.58 Å². The Balaban J connectivity index is 1.38. The Morgan fingerprint density at radius 1 is 1.29 bits per heavy atom. The lowest BCUT2D eigenvalue weighted by atomic mass is 9.87. The summed E-state index contributed by atoms with van der Waals surface area (Å²) in [5.74, 6) is 0.0483. The Morgan fingerprint density at radius 3 is 2.97 bits per heavy atom. The molecule has 2 unspecified atom stereocenters. The molecule has 31 heavy (non-hydrogen) atoms. The van der Waals surface area contributed by atoms with Crippen LogP contribution in [0.2, 0.25) is 10.0 Å². The molecule has 2 aliphatic rings. The molecule has 0 aliphatic carbocycles. The summed E-state index contributed by atoms with van der Waals surface area (Å²) in [6.45, 7) is 3.08. The number of hydrogen-bond donors (Lipinski definition) is 1. The van der Waals surface area contributed by atoms with Crippen LogP contribution in [0.4, 0.5) is 6.01 Å². The Kier molecular flexibility index (Phi) is 5.28. The number of carbonyl (C=O) groups excluding carboxylic acids is 1. The maximum absolute atomic E-state index is 13.5. The molecule has 0 bridgehead atoms. The van der Waals surface area contributed by atoms with Crippen molar-refractivity contribution < 1.29 is 13.9 Å². The van der Waals surface area contributed by atoms with Gasteiger partial charge in [-0.1, -0.05) is 23.2 Å². The highest BCUT2D eigenvalue weighted by atomic mass is 35.5. The normalized spacial score (nSPS) is 23.7. The van der Waals surface area contributed by atoms with E-state index in [1.165, 1.54) is 0 Å². The van der Waals surface area contributed by atoms with Crippen molar-refractivity contribution >= 4 is 46.2 Å². The first-order chi connectivity index (χ1) is 14.9. The molecule has 2 aliphatic heterocycles. The quantitative estimate of drug-likeness (QED) is 0.603. The number of halogens is 2. The van der Waals surface area contributed by atoms with Gasteiger partial charge in [-0.3, -0.25) is 9.78 Å². The lowest BCUT2D eigenvalue weighted by molar-refractivity contribution is -0.149. The molecule has 1 saturated heterocycles. The van der Waals surface area contributed by atoms with E-state index >= 15 is 0 Å². The van der Waals surface area contributed by atoms with Crippen LogP contribution in [0.1, 0.15) is 48.4 Å². The molecule has 3 aromatic rings. The van der Waals surface area contributed by atoms with E-state index in [4.69, 9.17) is 38.1 Å². The second kappa shape index (κ2) is 7.97. The molecule has 0 spiro atoms. The van der Waals surface area contributed by atoms with Gasteiger partial charge in [0, 0.05) is 35.0 Å². The minimum absolute atomic E-state index is 0.0221. The van der Waals surface area contributed by atoms with Crippen molar-refractivity contribution in [1.29, 1.82) is 0 Å². The van der Waals surface area contributed by atoms with Gasteiger partial charge in [-0.05, 0) is 55.4 Å². The smallest absolute Gasteiger partial charge is 0.293 e. The summed E-state index contributed by atoms with van der Waals surface area (Å²) < 4.78 is 11.5. The number of nitrogens with zero attached hydrogens (tertiary/aromatic N) is 3. The average Bonchev–Trinajstić information content (AvgIpc) is 3.13. The summed E-state index contributed by atoms with van der Waals surface area (Å²) in [7, 11) is 0. The predicted octanol–water partition coefficient (Wildman–Crippen LogP) is 4.52. The lowest BCUT2D eigenvalue weighted by Gasteiger charge is -2.39. The van der Waals surface area contributed by atoms with Crippen molar-refractivity contribution in [3.8, 4) is 0 Å². The minimum atomic E-state index is -0.538. The first kappa shape index (κ1) is 20.5. The van der Waals surface area contributed by atoms with Crippen LogP contribution >= 0.6 is 23.2 Å². The average molecular weight is 461 g/mol. The number of amides is 1. The van der Waals surface area contributed by atoms with Crippen molar-refractivity contribution in [3.05, 3.63) is 51.3 Å². The van der Waals surface area contributed by atoms with Crippen LogP contribution in [0.25, 0.3) is 11.1 Å². The van der Waals surface area contributed by atoms with Crippen molar-refractivity contribution in [2.24, 2.45) is 0 Å². The molecule has 7 nitrogen and oxygen atoms in total. The van der Waals surface area contributed by atoms with E-state index in [-0.39, 0.29) is 23.9 Å². The fourth-order valence-electron chi connectivity index (χ4n) is 4.82. The van der Waals surface area contributed by atoms with Crippen molar-refractivity contribution in [2.45, 2.75) is 44.2 Å². The van der Waals surface area contributed by atoms with Gasteiger partial charge in [0.1, 0.15) is 11.6 Å². The van der Waals surface area contributed by atoms with Crippen LogP contribution in [-0.2, 0) is 16.0 Å². The van der Waals surface area contributed by atoms with Gasteiger partial charge in [0.2, 0.25) is 0 Å². The first-order valence-electron chi connectivity index (χ1n) is 10.3. The largest absolute Gasteiger partial charge is 0.423 e. The van der Waals surface area contributed by atoms with E-state index in [1.807, 2.05) is 17.9 Å². The van der Waals surface area contributed by atoms with E-state index in [0.717, 1.165) is 23.1 Å². The molecule has 1 fully saturated rings. The molecule has 0 radical (unpaired) electrons. The number of rotatable bonds is 2. The van der Waals surface area contributed by atoms with Gasteiger partial charge in [0.25, 0.3) is 11.9 Å². The van der Waals surface area contributed by atoms with E-state index < -0.39 is 6.10 Å². The van der Waals surface area contributed by atoms with Crippen LogP contribution < -0.4 is 5.73 Å². The highest BCUT2D eigenvalue weighted by molar-refractivity contribution is 6.35. The van der Waals surface area contributed by atoms with Crippen molar-refractivity contribution in [1.82, 2.24) is 14.9 Å². The number of benzene rings is 1. The molecule has 5 rings (SSSR count). The number of carbonyl (C=O) groups is 1. The van der Waals surface area contributed by atoms with Gasteiger partial charge in [-0.25, -0.2) is 0 Å². The maximum Gasteiger partial charge on any atom is 0.293 e. The summed E-state index contributed by atoms with van der Waals surface area (Å²) >= 11 is 12.6. The number of ether oxygens (including phenoxy) is 1. The number of oxazole rings is 1. The van der Waals surface area contributed by atoms with Crippen molar-refractivity contribution in [3.63, 3.8) is 0 Å². The summed E-state index contributed by atoms with van der Waals surface area (Å²) in [5, 5.41) is 1.21. The highest BCUT2D eigenvalue weighted by Crippen LogP contribution is 2.39. The summed E-state index contributed by atoms with van der Waals surface area (Å²) in [6, 6.07) is 3.63. The van der Waals surface area contributed by atoms with E-state index in [9.17, 15) is 4.79 Å². The van der Waals surface area contributed by atoms with Gasteiger partial charge in [0.05, 0.1) is 12.2 Å². The Labute approximate surface area is 189 Å². The molecule has 2 N–H and O–H groups in total. The van der Waals surface area contributed by atoms with Crippen molar-refractivity contribution in [2.75, 3.05) is 18.9 Å². The summed E-state index contributed by atoms with van der Waals surface area (Å²) in [4.78, 5) is 23.8. The molecule has 0 saturated carbocycles. The summed E-state index contributed by atoms with van der Waals surface area (Å²) in [6.07, 6.45) is 4.89. The minimum Gasteiger partial charge on any atom is -0.423 e. The van der Waals surface area contributed by atoms with E-state index in [2.05, 4.69) is 9.97 Å². The van der Waals surface area contributed by atoms with Crippen LogP contribution in [0, 0.1) is 0 Å². The third-order valence-electron chi connectivity index (χ3n) is 6.31. The highest BCUT2D eigenvalue weighted by Gasteiger charge is 2.37. The Hall–Kier alpha value is -2.35. The molecule has 4 heterocycles. The molecule has 1 amide bonds. The van der Waals surface area contributed by atoms with Gasteiger partial charge in [-0.15, -0.1) is 0 Å². The Morgan fingerprint density at radius 2 is 2.13 bits per heavy atom. The number of nitrogen functional groups attached to an aromatic ring is 1. The number of fused-ring (bicyclic) bond motifs is 2. The van der Waals surface area contributed by atoms with Crippen LogP contribution in [-0.4, -0.2) is 40.0 Å². The number of hydrogen-bond acceptors (Lipinski definition) is 6. The third kappa shape index (κ3) is 3.64. The molecule has 9 heteroatoms. The number of anilines is 1. The number of nitrogens with two attached hydrogens (primary N) is 1. The van der Waals surface area contributed by atoms with Gasteiger partial charge < -0.3 is 19.8 Å². The Bertz CT molecular complexity index is 1170. The standard InChI is InChI=1S/C22H22Cl2N4O3/c1-11-19-13(6-14(23)8-16(19)24)2-4-28(11)21(29)18-7-12(3-5-30-18)15-9-26-10-17-20(15)31-22(25)27-17/h6,8-12,18H,2-5,7H2,1H3,(H2,25,27)/t11-,12?,18?/m0/s1. The zero-order valence-corrected chi connectivity index (χ0v) is 18.5. The van der Waals surface area contributed by atoms with E-state index in [1.54, 1.807) is 18.5 Å². The lowest BCUT2D eigenvalue weighted by Crippen LogP contribution is -2.47. The zero-order chi connectivity index (χ0) is 21.7. The number of pyridine rings is 1. The van der Waals surface area contributed by atoms with Crippen LogP contribution in [0.3, 0.4) is 0 Å². The second-order valence-corrected chi connectivity index (χ2v) is 8.97. The second-order valence-electron chi connectivity index (χ2n) is 8.13. The third-order valence-corrected chi connectivity index (χ3v) is 6.84. The zero-order valence-electron chi connectivity index (χ0n) is 17.0. The topological polar surface area (TPSA) is 94.5 Å². The van der Waals surface area contributed by atoms with Gasteiger partial charge in [-0.2, -0.15) is 4.98 Å². The maximum atomic E-state index is 13.5. The molecule has 3 atom stereocenters. The van der Waals surface area contributed by atoms with Gasteiger partial charge >= 0.3 is 0 Å². The van der Waals surface area contributed by atoms with Crippen LogP contribution in [0.5, 0.6) is 0 Å². The van der Waals surface area contributed by atoms with E-state index in [0.29, 0.717) is 47.1 Å². The predicted molar refractivity (Wildman–Crippen MR) is 118 cm³/mol. The van der Waals surface area contributed by atoms with Crippen LogP contribution in [0.15, 0.2) is 28.9 Å². The molecular weight excluding hydrogens is 439 g/mol. The fraction of sp³-hybridized carbons (Fsp3) is 0.409. The first-order valence-corrected chi connectivity index (χ1v) is 11.1.